The molecule has 0 unspecified atom stereocenters. The number of fused-ring (bicyclic) bond motifs is 3. The molecule has 1 N–H and O–H groups in total. The molecule has 1 saturated carbocycles. The monoisotopic (exact) mass is 250 g/mol. The molecule has 19 heavy (non-hydrogen) atoms. The number of aliphatic hydroxyl groups is 1. The number of benzene rings is 2. The second-order valence-corrected chi connectivity index (χ2v) is 5.95. The SMILES string of the molecule is OC[C@@H]1Cc2ccccc2[C@]2(c3ccccc3)C[C@@H]12. The van der Waals surface area contributed by atoms with E-state index in [0.717, 1.165) is 6.42 Å². The van der Waals surface area contributed by atoms with Crippen molar-refractivity contribution in [3.8, 4) is 0 Å². The summed E-state index contributed by atoms with van der Waals surface area (Å²) in [6.45, 7) is 0.313. The molecule has 0 spiro atoms. The molecule has 96 valence electrons. The lowest BCUT2D eigenvalue weighted by molar-refractivity contribution is 0.198. The van der Waals surface area contributed by atoms with E-state index in [9.17, 15) is 5.11 Å². The first kappa shape index (κ1) is 11.2. The Kier molecular flexibility index (Phi) is 2.33. The Morgan fingerprint density at radius 3 is 2.53 bits per heavy atom. The van der Waals surface area contributed by atoms with Crippen molar-refractivity contribution >= 4 is 0 Å². The third kappa shape index (κ3) is 1.45. The van der Waals surface area contributed by atoms with Gasteiger partial charge in [-0.3, -0.25) is 0 Å². The van der Waals surface area contributed by atoms with Crippen LogP contribution in [0.2, 0.25) is 0 Å². The third-order valence-corrected chi connectivity index (χ3v) is 5.09. The minimum Gasteiger partial charge on any atom is -0.396 e. The minimum atomic E-state index is 0.184. The predicted octanol–water partition coefficient (Wildman–Crippen LogP) is 3.16. The number of hydrogen-bond donors (Lipinski definition) is 1. The maximum Gasteiger partial charge on any atom is 0.0465 e. The third-order valence-electron chi connectivity index (χ3n) is 5.09. The minimum absolute atomic E-state index is 0.184. The van der Waals surface area contributed by atoms with Gasteiger partial charge in [0.1, 0.15) is 0 Å². The Bertz CT molecular complexity index is 604. The summed E-state index contributed by atoms with van der Waals surface area (Å²) in [5, 5.41) is 9.68. The van der Waals surface area contributed by atoms with Gasteiger partial charge in [0.2, 0.25) is 0 Å². The molecule has 4 rings (SSSR count). The smallest absolute Gasteiger partial charge is 0.0465 e. The van der Waals surface area contributed by atoms with Crippen LogP contribution in [-0.4, -0.2) is 11.7 Å². The highest BCUT2D eigenvalue weighted by Crippen LogP contribution is 2.65. The highest BCUT2D eigenvalue weighted by atomic mass is 16.3. The van der Waals surface area contributed by atoms with E-state index in [4.69, 9.17) is 0 Å². The quantitative estimate of drug-likeness (QED) is 0.868. The van der Waals surface area contributed by atoms with E-state index >= 15 is 0 Å². The Balaban J connectivity index is 1.90. The van der Waals surface area contributed by atoms with Crippen molar-refractivity contribution in [3.63, 3.8) is 0 Å². The van der Waals surface area contributed by atoms with Crippen LogP contribution in [0.5, 0.6) is 0 Å². The molecule has 2 aromatic rings. The van der Waals surface area contributed by atoms with Gasteiger partial charge >= 0.3 is 0 Å². The summed E-state index contributed by atoms with van der Waals surface area (Å²) in [5.41, 5.74) is 4.53. The molecule has 0 aliphatic heterocycles. The molecular weight excluding hydrogens is 232 g/mol. The first-order valence-electron chi connectivity index (χ1n) is 7.11. The van der Waals surface area contributed by atoms with Crippen molar-refractivity contribution in [2.45, 2.75) is 18.3 Å². The van der Waals surface area contributed by atoms with Crippen molar-refractivity contribution < 1.29 is 5.11 Å². The molecule has 0 aromatic heterocycles. The molecular formula is C18H18O. The van der Waals surface area contributed by atoms with Crippen LogP contribution in [0.15, 0.2) is 54.6 Å². The van der Waals surface area contributed by atoms with Crippen LogP contribution in [0.3, 0.4) is 0 Å². The lowest BCUT2D eigenvalue weighted by Crippen LogP contribution is -2.27. The van der Waals surface area contributed by atoms with Crippen molar-refractivity contribution in [2.24, 2.45) is 11.8 Å². The average molecular weight is 250 g/mol. The maximum absolute atomic E-state index is 9.68. The van der Waals surface area contributed by atoms with E-state index in [1.807, 2.05) is 0 Å². The van der Waals surface area contributed by atoms with Crippen LogP contribution < -0.4 is 0 Å². The van der Waals surface area contributed by atoms with Gasteiger partial charge in [-0.15, -0.1) is 0 Å². The van der Waals surface area contributed by atoms with E-state index < -0.39 is 0 Å². The zero-order valence-electron chi connectivity index (χ0n) is 10.9. The molecule has 0 radical (unpaired) electrons. The number of aliphatic hydroxyl groups excluding tert-OH is 1. The Morgan fingerprint density at radius 1 is 1.00 bits per heavy atom. The van der Waals surface area contributed by atoms with Crippen molar-refractivity contribution in [3.05, 3.63) is 71.3 Å². The first-order valence-corrected chi connectivity index (χ1v) is 7.11. The molecule has 2 aromatic carbocycles. The summed E-state index contributed by atoms with van der Waals surface area (Å²) in [7, 11) is 0. The van der Waals surface area contributed by atoms with Crippen LogP contribution >= 0.6 is 0 Å². The summed E-state index contributed by atoms with van der Waals surface area (Å²) >= 11 is 0. The van der Waals surface area contributed by atoms with Crippen molar-refractivity contribution in [1.82, 2.24) is 0 Å². The lowest BCUT2D eigenvalue weighted by Gasteiger charge is -2.30. The molecule has 0 amide bonds. The summed E-state index contributed by atoms with van der Waals surface area (Å²) < 4.78 is 0. The van der Waals surface area contributed by atoms with E-state index in [2.05, 4.69) is 54.6 Å². The molecule has 0 heterocycles. The summed E-state index contributed by atoms with van der Waals surface area (Å²) in [6, 6.07) is 19.6. The predicted molar refractivity (Wildman–Crippen MR) is 76.1 cm³/mol. The first-order chi connectivity index (χ1) is 9.36. The standard InChI is InChI=1S/C18H18O/c19-12-14-10-13-6-4-5-9-16(13)18(11-17(14)18)15-7-2-1-3-8-15/h1-9,14,17,19H,10-12H2/t14-,17-,18+/m0/s1. The fourth-order valence-electron chi connectivity index (χ4n) is 4.14. The van der Waals surface area contributed by atoms with Crippen molar-refractivity contribution in [1.29, 1.82) is 0 Å². The molecule has 1 fully saturated rings. The lowest BCUT2D eigenvalue weighted by atomic mass is 9.74. The average Bonchev–Trinajstić information content (AvgIpc) is 3.24. The molecule has 3 atom stereocenters. The van der Waals surface area contributed by atoms with E-state index in [1.165, 1.54) is 23.1 Å². The molecule has 1 heteroatoms. The van der Waals surface area contributed by atoms with Gasteiger partial charge in [0.15, 0.2) is 0 Å². The molecule has 0 saturated heterocycles. The van der Waals surface area contributed by atoms with Gasteiger partial charge < -0.3 is 5.11 Å². The highest BCUT2D eigenvalue weighted by Gasteiger charge is 2.61. The number of hydrogen-bond acceptors (Lipinski definition) is 1. The highest BCUT2D eigenvalue weighted by molar-refractivity contribution is 5.53. The van der Waals surface area contributed by atoms with Gasteiger partial charge in [0.25, 0.3) is 0 Å². The summed E-state index contributed by atoms with van der Waals surface area (Å²) in [5.74, 6) is 1.05. The second kappa shape index (κ2) is 3.94. The number of rotatable bonds is 2. The fraction of sp³-hybridized carbons (Fsp3) is 0.333. The van der Waals surface area contributed by atoms with Crippen molar-refractivity contribution in [2.75, 3.05) is 6.61 Å². The summed E-state index contributed by atoms with van der Waals surface area (Å²) in [4.78, 5) is 0. The second-order valence-electron chi connectivity index (χ2n) is 5.95. The largest absolute Gasteiger partial charge is 0.396 e. The van der Waals surface area contributed by atoms with E-state index in [1.54, 1.807) is 0 Å². The normalized spacial score (nSPS) is 31.4. The zero-order valence-corrected chi connectivity index (χ0v) is 10.9. The van der Waals surface area contributed by atoms with E-state index in [0.29, 0.717) is 18.4 Å². The van der Waals surface area contributed by atoms with Crippen LogP contribution in [0.25, 0.3) is 0 Å². The van der Waals surface area contributed by atoms with Crippen LogP contribution in [0.1, 0.15) is 23.1 Å². The van der Waals surface area contributed by atoms with Gasteiger partial charge in [-0.25, -0.2) is 0 Å². The molecule has 0 bridgehead atoms. The Labute approximate surface area is 113 Å². The topological polar surface area (TPSA) is 20.2 Å². The molecule has 1 nitrogen and oxygen atoms in total. The summed E-state index contributed by atoms with van der Waals surface area (Å²) in [6.07, 6.45) is 2.23. The van der Waals surface area contributed by atoms with Gasteiger partial charge in [-0.2, -0.15) is 0 Å². The van der Waals surface area contributed by atoms with Gasteiger partial charge in [-0.1, -0.05) is 54.6 Å². The fourth-order valence-corrected chi connectivity index (χ4v) is 4.14. The Hall–Kier alpha value is -1.60. The zero-order chi connectivity index (χ0) is 12.9. The van der Waals surface area contributed by atoms with Crippen LogP contribution in [-0.2, 0) is 11.8 Å². The van der Waals surface area contributed by atoms with Gasteiger partial charge in [0.05, 0.1) is 0 Å². The van der Waals surface area contributed by atoms with Crippen LogP contribution in [0, 0.1) is 11.8 Å². The van der Waals surface area contributed by atoms with E-state index in [-0.39, 0.29) is 5.41 Å². The molecule has 2 aliphatic rings. The van der Waals surface area contributed by atoms with Gasteiger partial charge in [-0.05, 0) is 41.4 Å². The molecule has 2 aliphatic carbocycles. The maximum atomic E-state index is 9.68. The Morgan fingerprint density at radius 2 is 1.74 bits per heavy atom. The van der Waals surface area contributed by atoms with Crippen LogP contribution in [0.4, 0.5) is 0 Å². The van der Waals surface area contributed by atoms with Gasteiger partial charge in [0, 0.05) is 12.0 Å².